The molecule has 0 amide bonds. The Balaban J connectivity index is 2.05. The Morgan fingerprint density at radius 1 is 1.38 bits per heavy atom. The second-order valence-electron chi connectivity index (χ2n) is 6.66. The van der Waals surface area contributed by atoms with Crippen LogP contribution in [0.2, 0.25) is 0 Å². The van der Waals surface area contributed by atoms with E-state index in [1.807, 2.05) is 6.92 Å². The third-order valence-corrected chi connectivity index (χ3v) is 4.90. The van der Waals surface area contributed by atoms with Crippen LogP contribution in [0.15, 0.2) is 29.2 Å². The molecule has 1 aliphatic rings. The van der Waals surface area contributed by atoms with E-state index in [2.05, 4.69) is 5.10 Å². The molecule has 6 nitrogen and oxygen atoms in total. The van der Waals surface area contributed by atoms with E-state index in [4.69, 9.17) is 0 Å². The Morgan fingerprint density at radius 3 is 2.69 bits per heavy atom. The monoisotopic (exact) mass is 355 g/mol. The molecule has 0 unspecified atom stereocenters. The highest BCUT2D eigenvalue weighted by Gasteiger charge is 2.34. The van der Waals surface area contributed by atoms with Gasteiger partial charge in [0.2, 0.25) is 0 Å². The SMILES string of the molecule is CCn1c(-c2ccc(C)c(F)c2)cn2nc(C(=O)O)c(C3CC3)c2c1=O. The van der Waals surface area contributed by atoms with E-state index < -0.39 is 5.97 Å². The number of carboxylic acid groups (broad SMARTS) is 1. The topological polar surface area (TPSA) is 76.6 Å². The minimum atomic E-state index is -1.14. The number of aromatic carboxylic acids is 1. The van der Waals surface area contributed by atoms with Crippen LogP contribution in [-0.4, -0.2) is 25.3 Å². The number of hydrogen-bond donors (Lipinski definition) is 1. The van der Waals surface area contributed by atoms with E-state index in [0.29, 0.717) is 34.4 Å². The fourth-order valence-electron chi connectivity index (χ4n) is 3.39. The summed E-state index contributed by atoms with van der Waals surface area (Å²) in [7, 11) is 0. The fraction of sp³-hybridized carbons (Fsp3) is 0.316. The number of carboxylic acids is 1. The first-order chi connectivity index (χ1) is 12.4. The summed E-state index contributed by atoms with van der Waals surface area (Å²) >= 11 is 0. The lowest BCUT2D eigenvalue weighted by molar-refractivity contribution is 0.0689. The van der Waals surface area contributed by atoms with E-state index in [1.54, 1.807) is 29.8 Å². The van der Waals surface area contributed by atoms with Crippen molar-refractivity contribution < 1.29 is 14.3 Å². The van der Waals surface area contributed by atoms with Crippen LogP contribution in [0.4, 0.5) is 4.39 Å². The zero-order valence-electron chi connectivity index (χ0n) is 14.5. The molecule has 4 rings (SSSR count). The lowest BCUT2D eigenvalue weighted by atomic mass is 10.1. The molecular formula is C19H18FN3O3. The maximum Gasteiger partial charge on any atom is 0.356 e. The Hall–Kier alpha value is -2.96. The van der Waals surface area contributed by atoms with Gasteiger partial charge in [0.15, 0.2) is 5.69 Å². The lowest BCUT2D eigenvalue weighted by Gasteiger charge is -2.13. The Bertz CT molecular complexity index is 1110. The summed E-state index contributed by atoms with van der Waals surface area (Å²) in [5.41, 5.74) is 2.03. The molecule has 2 heterocycles. The average molecular weight is 355 g/mol. The number of rotatable bonds is 4. The molecule has 0 spiro atoms. The number of aryl methyl sites for hydroxylation is 1. The summed E-state index contributed by atoms with van der Waals surface area (Å²) in [6.45, 7) is 3.89. The zero-order valence-corrected chi connectivity index (χ0v) is 14.5. The summed E-state index contributed by atoms with van der Waals surface area (Å²) in [6.07, 6.45) is 3.33. The zero-order chi connectivity index (χ0) is 18.6. The summed E-state index contributed by atoms with van der Waals surface area (Å²) in [6, 6.07) is 4.78. The average Bonchev–Trinajstić information content (AvgIpc) is 3.37. The largest absolute Gasteiger partial charge is 0.476 e. The number of fused-ring (bicyclic) bond motifs is 1. The first-order valence-electron chi connectivity index (χ1n) is 8.58. The van der Waals surface area contributed by atoms with E-state index in [9.17, 15) is 19.1 Å². The third kappa shape index (κ3) is 2.42. The van der Waals surface area contributed by atoms with Gasteiger partial charge in [0.25, 0.3) is 5.56 Å². The summed E-state index contributed by atoms with van der Waals surface area (Å²) in [5, 5.41) is 13.6. The quantitative estimate of drug-likeness (QED) is 0.780. The van der Waals surface area contributed by atoms with Gasteiger partial charge in [-0.2, -0.15) is 5.10 Å². The maximum atomic E-state index is 14.0. The van der Waals surface area contributed by atoms with E-state index >= 15 is 0 Å². The van der Waals surface area contributed by atoms with Crippen molar-refractivity contribution >= 4 is 11.5 Å². The second-order valence-corrected chi connectivity index (χ2v) is 6.66. The number of aromatic nitrogens is 3. The number of nitrogens with zero attached hydrogens (tertiary/aromatic N) is 3. The van der Waals surface area contributed by atoms with Crippen LogP contribution in [0.25, 0.3) is 16.8 Å². The molecule has 1 N–H and O–H groups in total. The first-order valence-corrected chi connectivity index (χ1v) is 8.58. The number of benzene rings is 1. The van der Waals surface area contributed by atoms with Crippen molar-refractivity contribution in [1.29, 1.82) is 0 Å². The van der Waals surface area contributed by atoms with Crippen LogP contribution in [-0.2, 0) is 6.54 Å². The molecule has 7 heteroatoms. The molecule has 1 saturated carbocycles. The van der Waals surface area contributed by atoms with E-state index in [-0.39, 0.29) is 23.0 Å². The molecule has 2 aromatic heterocycles. The van der Waals surface area contributed by atoms with Gasteiger partial charge in [-0.05, 0) is 44.2 Å². The van der Waals surface area contributed by atoms with Gasteiger partial charge in [-0.1, -0.05) is 12.1 Å². The maximum absolute atomic E-state index is 14.0. The van der Waals surface area contributed by atoms with Gasteiger partial charge < -0.3 is 9.67 Å². The van der Waals surface area contributed by atoms with Gasteiger partial charge in [-0.25, -0.2) is 13.7 Å². The molecule has 0 saturated heterocycles. The van der Waals surface area contributed by atoms with Crippen molar-refractivity contribution in [2.24, 2.45) is 0 Å². The molecule has 0 atom stereocenters. The van der Waals surface area contributed by atoms with Crippen LogP contribution >= 0.6 is 0 Å². The minimum absolute atomic E-state index is 0.0688. The first kappa shape index (κ1) is 16.5. The number of carbonyl (C=O) groups is 1. The summed E-state index contributed by atoms with van der Waals surface area (Å²) < 4.78 is 16.9. The highest BCUT2D eigenvalue weighted by atomic mass is 19.1. The summed E-state index contributed by atoms with van der Waals surface area (Å²) in [4.78, 5) is 24.7. The van der Waals surface area contributed by atoms with Crippen LogP contribution in [0.5, 0.6) is 0 Å². The van der Waals surface area contributed by atoms with Gasteiger partial charge in [-0.3, -0.25) is 4.79 Å². The molecular weight excluding hydrogens is 337 g/mol. The molecule has 1 aromatic carbocycles. The predicted molar refractivity (Wildman–Crippen MR) is 94.2 cm³/mol. The predicted octanol–water partition coefficient (Wildman–Crippen LogP) is 3.21. The van der Waals surface area contributed by atoms with Crippen molar-refractivity contribution in [1.82, 2.24) is 14.2 Å². The smallest absolute Gasteiger partial charge is 0.356 e. The van der Waals surface area contributed by atoms with E-state index in [1.165, 1.54) is 10.6 Å². The van der Waals surface area contributed by atoms with Crippen LogP contribution in [0.3, 0.4) is 0 Å². The Kier molecular flexibility index (Phi) is 3.68. The molecule has 1 aliphatic carbocycles. The van der Waals surface area contributed by atoms with Crippen LogP contribution < -0.4 is 5.56 Å². The fourth-order valence-corrected chi connectivity index (χ4v) is 3.39. The van der Waals surface area contributed by atoms with Crippen LogP contribution in [0.1, 0.15) is 47.3 Å². The normalized spacial score (nSPS) is 14.1. The standard InChI is InChI=1S/C19H18FN3O3/c1-3-22-14(12-5-4-10(2)13(20)8-12)9-23-17(18(22)24)15(11-6-7-11)16(21-23)19(25)26/h4-5,8-9,11H,3,6-7H2,1-2H3,(H,25,26). The number of halogens is 1. The van der Waals surface area contributed by atoms with Gasteiger partial charge in [0, 0.05) is 17.7 Å². The molecule has 0 radical (unpaired) electrons. The second kappa shape index (κ2) is 5.79. The van der Waals surface area contributed by atoms with Gasteiger partial charge >= 0.3 is 5.97 Å². The van der Waals surface area contributed by atoms with E-state index in [0.717, 1.165) is 12.8 Å². The molecule has 3 aromatic rings. The summed E-state index contributed by atoms with van der Waals surface area (Å²) in [5.74, 6) is -1.43. The molecule has 134 valence electrons. The van der Waals surface area contributed by atoms with Crippen molar-refractivity contribution in [2.45, 2.75) is 39.2 Å². The molecule has 0 bridgehead atoms. The van der Waals surface area contributed by atoms with Gasteiger partial charge in [0.1, 0.15) is 11.3 Å². The van der Waals surface area contributed by atoms with Crippen LogP contribution in [0, 0.1) is 12.7 Å². The van der Waals surface area contributed by atoms with Crippen molar-refractivity contribution in [3.63, 3.8) is 0 Å². The third-order valence-electron chi connectivity index (χ3n) is 4.90. The number of hydrogen-bond acceptors (Lipinski definition) is 3. The highest BCUT2D eigenvalue weighted by molar-refractivity contribution is 5.90. The van der Waals surface area contributed by atoms with Crippen molar-refractivity contribution in [2.75, 3.05) is 0 Å². The van der Waals surface area contributed by atoms with Crippen molar-refractivity contribution in [3.8, 4) is 11.3 Å². The Morgan fingerprint density at radius 2 is 2.12 bits per heavy atom. The highest BCUT2D eigenvalue weighted by Crippen LogP contribution is 2.43. The van der Waals surface area contributed by atoms with Crippen molar-refractivity contribution in [3.05, 3.63) is 57.4 Å². The lowest BCUT2D eigenvalue weighted by Crippen LogP contribution is -2.24. The minimum Gasteiger partial charge on any atom is -0.476 e. The Labute approximate surface area is 148 Å². The molecule has 0 aliphatic heterocycles. The van der Waals surface area contributed by atoms with Gasteiger partial charge in [0.05, 0.1) is 11.9 Å². The molecule has 26 heavy (non-hydrogen) atoms. The molecule has 1 fully saturated rings. The van der Waals surface area contributed by atoms with Gasteiger partial charge in [-0.15, -0.1) is 0 Å².